The van der Waals surface area contributed by atoms with Crippen molar-refractivity contribution in [3.05, 3.63) is 51.9 Å². The predicted molar refractivity (Wildman–Crippen MR) is 105 cm³/mol. The zero-order chi connectivity index (χ0) is 18.7. The molecule has 6 heteroatoms. The van der Waals surface area contributed by atoms with E-state index in [1.165, 1.54) is 12.0 Å². The molecule has 1 N–H and O–H groups in total. The number of likely N-dealkylation sites (N-methyl/N-ethyl adjacent to an activating group) is 1. The van der Waals surface area contributed by atoms with Crippen LogP contribution in [0.4, 0.5) is 5.00 Å². The second-order valence-corrected chi connectivity index (χ2v) is 7.35. The van der Waals surface area contributed by atoms with Gasteiger partial charge in [-0.25, -0.2) is 4.99 Å². The van der Waals surface area contributed by atoms with Gasteiger partial charge in [-0.3, -0.25) is 0 Å². The zero-order valence-electron chi connectivity index (χ0n) is 15.0. The molecule has 0 atom stereocenters. The molecule has 1 aliphatic rings. The molecule has 2 aromatic rings. The summed E-state index contributed by atoms with van der Waals surface area (Å²) < 4.78 is 5.25. The lowest BCUT2D eigenvalue weighted by atomic mass is 10.0. The predicted octanol–water partition coefficient (Wildman–Crippen LogP) is 3.80. The number of phenolic OH excluding ortho intramolecular Hbond substituents is 1. The SMILES string of the molecule is C=CCc1cc(C=Nc2sc3c(c2C#N)CCN(C)C3)cc(OC)c1O. The van der Waals surface area contributed by atoms with E-state index in [4.69, 9.17) is 4.74 Å². The van der Waals surface area contributed by atoms with Crippen molar-refractivity contribution in [1.82, 2.24) is 4.90 Å². The maximum atomic E-state index is 10.2. The number of allylic oxidation sites excluding steroid dienone is 1. The molecule has 0 aliphatic carbocycles. The highest BCUT2D eigenvalue weighted by Gasteiger charge is 2.22. The first-order valence-corrected chi connectivity index (χ1v) is 9.17. The smallest absolute Gasteiger partial charge is 0.161 e. The van der Waals surface area contributed by atoms with E-state index in [9.17, 15) is 10.4 Å². The number of benzene rings is 1. The Labute approximate surface area is 157 Å². The molecule has 5 nitrogen and oxygen atoms in total. The summed E-state index contributed by atoms with van der Waals surface area (Å²) in [6.07, 6.45) is 4.87. The van der Waals surface area contributed by atoms with Gasteiger partial charge in [0.15, 0.2) is 11.5 Å². The highest BCUT2D eigenvalue weighted by atomic mass is 32.1. The molecule has 0 unspecified atom stereocenters. The van der Waals surface area contributed by atoms with Crippen LogP contribution >= 0.6 is 11.3 Å². The standard InChI is InChI=1S/C20H21N3O2S/c1-4-5-14-8-13(9-17(25-3)19(14)24)11-22-20-16(10-21)15-6-7-23(2)12-18(15)26-20/h4,8-9,11,24H,1,5-7,12H2,2-3H3. The van der Waals surface area contributed by atoms with Gasteiger partial charge in [-0.2, -0.15) is 5.26 Å². The van der Waals surface area contributed by atoms with E-state index < -0.39 is 0 Å². The van der Waals surface area contributed by atoms with Gasteiger partial charge in [-0.1, -0.05) is 6.08 Å². The van der Waals surface area contributed by atoms with Gasteiger partial charge in [0.05, 0.1) is 12.7 Å². The Bertz CT molecular complexity index is 909. The van der Waals surface area contributed by atoms with E-state index in [1.807, 2.05) is 6.07 Å². The third-order valence-electron chi connectivity index (χ3n) is 4.43. The lowest BCUT2D eigenvalue weighted by Crippen LogP contribution is -2.25. The third-order valence-corrected chi connectivity index (χ3v) is 5.56. The lowest BCUT2D eigenvalue weighted by Gasteiger charge is -2.21. The van der Waals surface area contributed by atoms with Crippen LogP contribution in [-0.2, 0) is 19.4 Å². The fourth-order valence-electron chi connectivity index (χ4n) is 3.09. The molecule has 1 aliphatic heterocycles. The first kappa shape index (κ1) is 18.2. The first-order chi connectivity index (χ1) is 12.6. The number of hydrogen-bond donors (Lipinski definition) is 1. The van der Waals surface area contributed by atoms with E-state index in [0.29, 0.717) is 17.7 Å². The number of hydrogen-bond acceptors (Lipinski definition) is 6. The fourth-order valence-corrected chi connectivity index (χ4v) is 4.31. The van der Waals surface area contributed by atoms with E-state index in [0.717, 1.165) is 41.2 Å². The molecule has 0 saturated heterocycles. The van der Waals surface area contributed by atoms with E-state index >= 15 is 0 Å². The normalized spacial score (nSPS) is 14.2. The van der Waals surface area contributed by atoms with Crippen molar-refractivity contribution < 1.29 is 9.84 Å². The summed E-state index contributed by atoms with van der Waals surface area (Å²) in [5.41, 5.74) is 3.36. The molecule has 0 spiro atoms. The highest BCUT2D eigenvalue weighted by molar-refractivity contribution is 7.16. The van der Waals surface area contributed by atoms with Crippen LogP contribution in [0, 0.1) is 11.3 Å². The molecule has 1 aromatic carbocycles. The summed E-state index contributed by atoms with van der Waals surface area (Å²) in [6, 6.07) is 5.91. The largest absolute Gasteiger partial charge is 0.504 e. The number of phenols is 1. The molecule has 0 radical (unpaired) electrons. The van der Waals surface area contributed by atoms with Gasteiger partial charge in [0.1, 0.15) is 11.1 Å². The molecular formula is C20H21N3O2S. The minimum absolute atomic E-state index is 0.122. The molecule has 0 amide bonds. The summed E-state index contributed by atoms with van der Waals surface area (Å²) >= 11 is 1.58. The molecule has 134 valence electrons. The second-order valence-electron chi connectivity index (χ2n) is 6.27. The Morgan fingerprint density at radius 1 is 1.50 bits per heavy atom. The van der Waals surface area contributed by atoms with Crippen molar-refractivity contribution in [2.75, 3.05) is 20.7 Å². The van der Waals surface area contributed by atoms with Crippen LogP contribution in [0.3, 0.4) is 0 Å². The Kier molecular flexibility index (Phi) is 5.40. The molecule has 3 rings (SSSR count). The number of rotatable bonds is 5. The molecule has 26 heavy (non-hydrogen) atoms. The monoisotopic (exact) mass is 367 g/mol. The minimum atomic E-state index is 0.122. The van der Waals surface area contributed by atoms with Gasteiger partial charge in [-0.05, 0) is 43.1 Å². The number of aliphatic imine (C=N–C) groups is 1. The Morgan fingerprint density at radius 3 is 3.00 bits per heavy atom. The van der Waals surface area contributed by atoms with Gasteiger partial charge >= 0.3 is 0 Å². The van der Waals surface area contributed by atoms with Crippen molar-refractivity contribution in [3.63, 3.8) is 0 Å². The highest BCUT2D eigenvalue weighted by Crippen LogP contribution is 2.38. The van der Waals surface area contributed by atoms with Crippen LogP contribution < -0.4 is 4.74 Å². The van der Waals surface area contributed by atoms with Crippen LogP contribution in [-0.4, -0.2) is 36.9 Å². The second kappa shape index (κ2) is 7.73. The Balaban J connectivity index is 1.97. The average Bonchev–Trinajstić information content (AvgIpc) is 2.98. The summed E-state index contributed by atoms with van der Waals surface area (Å²) in [4.78, 5) is 8.04. The van der Waals surface area contributed by atoms with E-state index in [-0.39, 0.29) is 5.75 Å². The van der Waals surface area contributed by atoms with Crippen molar-refractivity contribution in [1.29, 1.82) is 5.26 Å². The first-order valence-electron chi connectivity index (χ1n) is 8.35. The van der Waals surface area contributed by atoms with E-state index in [1.54, 1.807) is 29.7 Å². The molecule has 1 aromatic heterocycles. The topological polar surface area (TPSA) is 68.9 Å². The van der Waals surface area contributed by atoms with Crippen molar-refractivity contribution >= 4 is 22.6 Å². The number of ether oxygens (including phenoxy) is 1. The lowest BCUT2D eigenvalue weighted by molar-refractivity contribution is 0.317. The van der Waals surface area contributed by atoms with Crippen LogP contribution in [0.2, 0.25) is 0 Å². The molecule has 2 heterocycles. The van der Waals surface area contributed by atoms with Crippen LogP contribution in [0.25, 0.3) is 0 Å². The third kappa shape index (κ3) is 3.50. The average molecular weight is 367 g/mol. The minimum Gasteiger partial charge on any atom is -0.504 e. The molecule has 0 saturated carbocycles. The number of nitrogens with zero attached hydrogens (tertiary/aromatic N) is 3. The zero-order valence-corrected chi connectivity index (χ0v) is 15.8. The number of fused-ring (bicyclic) bond motifs is 1. The van der Waals surface area contributed by atoms with Gasteiger partial charge in [-0.15, -0.1) is 17.9 Å². The van der Waals surface area contributed by atoms with Gasteiger partial charge in [0.2, 0.25) is 0 Å². The summed E-state index contributed by atoms with van der Waals surface area (Å²) in [7, 11) is 3.60. The van der Waals surface area contributed by atoms with Crippen LogP contribution in [0.5, 0.6) is 11.5 Å². The Hall–Kier alpha value is -2.62. The summed E-state index contributed by atoms with van der Waals surface area (Å²) in [5.74, 6) is 0.523. The summed E-state index contributed by atoms with van der Waals surface area (Å²) in [5, 5.41) is 20.5. The van der Waals surface area contributed by atoms with Crippen LogP contribution in [0.1, 0.15) is 27.1 Å². The Morgan fingerprint density at radius 2 is 2.31 bits per heavy atom. The number of aromatic hydroxyl groups is 1. The molecule has 0 bridgehead atoms. The number of nitriles is 1. The van der Waals surface area contributed by atoms with Crippen molar-refractivity contribution in [2.24, 2.45) is 4.99 Å². The maximum Gasteiger partial charge on any atom is 0.161 e. The molecular weight excluding hydrogens is 346 g/mol. The molecule has 0 fully saturated rings. The van der Waals surface area contributed by atoms with Crippen LogP contribution in [0.15, 0.2) is 29.8 Å². The number of thiophene rings is 1. The van der Waals surface area contributed by atoms with Gasteiger partial charge < -0.3 is 14.7 Å². The number of methoxy groups -OCH3 is 1. The van der Waals surface area contributed by atoms with Gasteiger partial charge in [0.25, 0.3) is 0 Å². The van der Waals surface area contributed by atoms with Gasteiger partial charge in [0, 0.05) is 29.7 Å². The quantitative estimate of drug-likeness (QED) is 0.645. The van der Waals surface area contributed by atoms with Crippen molar-refractivity contribution in [3.8, 4) is 17.6 Å². The maximum absolute atomic E-state index is 10.2. The van der Waals surface area contributed by atoms with E-state index in [2.05, 4.69) is 29.6 Å². The fraction of sp³-hybridized carbons (Fsp3) is 0.300. The summed E-state index contributed by atoms with van der Waals surface area (Å²) in [6.45, 7) is 5.54. The van der Waals surface area contributed by atoms with Crippen molar-refractivity contribution in [2.45, 2.75) is 19.4 Å².